The predicted molar refractivity (Wildman–Crippen MR) is 88.1 cm³/mol. The smallest absolute Gasteiger partial charge is 0.143 e. The van der Waals surface area contributed by atoms with E-state index in [1.54, 1.807) is 0 Å². The number of ether oxygens (including phenoxy) is 1. The van der Waals surface area contributed by atoms with Crippen LogP contribution in [0.5, 0.6) is 0 Å². The molecule has 2 aliphatic rings. The Balaban J connectivity index is 1.82. The van der Waals surface area contributed by atoms with Gasteiger partial charge < -0.3 is 10.1 Å². The van der Waals surface area contributed by atoms with Crippen LogP contribution in [-0.4, -0.2) is 29.7 Å². The summed E-state index contributed by atoms with van der Waals surface area (Å²) in [4.78, 5) is 9.61. The molecule has 2 heterocycles. The summed E-state index contributed by atoms with van der Waals surface area (Å²) in [6.07, 6.45) is 5.78. The van der Waals surface area contributed by atoms with Crippen LogP contribution in [0.4, 0.5) is 5.82 Å². The minimum absolute atomic E-state index is 0.598. The Labute approximate surface area is 134 Å². The zero-order chi connectivity index (χ0) is 13.9. The van der Waals surface area contributed by atoms with Gasteiger partial charge in [0.05, 0.1) is 9.26 Å². The van der Waals surface area contributed by atoms with Crippen molar-refractivity contribution in [3.05, 3.63) is 15.1 Å². The third kappa shape index (κ3) is 3.42. The number of aromatic nitrogens is 2. The van der Waals surface area contributed by atoms with Gasteiger partial charge in [0.2, 0.25) is 0 Å². The molecule has 1 saturated carbocycles. The van der Waals surface area contributed by atoms with Crippen LogP contribution in [0.15, 0.2) is 0 Å². The molecule has 1 aliphatic carbocycles. The van der Waals surface area contributed by atoms with E-state index in [1.807, 2.05) is 0 Å². The Hall–Kier alpha value is -0.430. The van der Waals surface area contributed by atoms with Gasteiger partial charge in [-0.05, 0) is 54.2 Å². The average molecular weight is 387 g/mol. The Morgan fingerprint density at radius 2 is 2.15 bits per heavy atom. The van der Waals surface area contributed by atoms with Crippen molar-refractivity contribution >= 4 is 28.4 Å². The molecule has 0 aromatic carbocycles. The topological polar surface area (TPSA) is 47.0 Å². The summed E-state index contributed by atoms with van der Waals surface area (Å²) in [6.45, 7) is 4.92. The van der Waals surface area contributed by atoms with E-state index >= 15 is 0 Å². The van der Waals surface area contributed by atoms with Crippen LogP contribution in [0.2, 0.25) is 0 Å². The van der Waals surface area contributed by atoms with Crippen LogP contribution in [-0.2, 0) is 11.2 Å². The molecule has 2 fully saturated rings. The molecular weight excluding hydrogens is 365 g/mol. The fraction of sp³-hybridized carbons (Fsp3) is 0.733. The van der Waals surface area contributed by atoms with Crippen LogP contribution in [0.3, 0.4) is 0 Å². The molecule has 1 aliphatic heterocycles. The first-order valence-corrected chi connectivity index (χ1v) is 8.73. The van der Waals surface area contributed by atoms with Gasteiger partial charge >= 0.3 is 0 Å². The number of nitrogens with zero attached hydrogens (tertiary/aromatic N) is 2. The Bertz CT molecular complexity index is 470. The van der Waals surface area contributed by atoms with E-state index in [-0.39, 0.29) is 0 Å². The van der Waals surface area contributed by atoms with Crippen molar-refractivity contribution in [2.45, 2.75) is 44.9 Å². The van der Waals surface area contributed by atoms with Crippen molar-refractivity contribution < 1.29 is 4.74 Å². The van der Waals surface area contributed by atoms with E-state index < -0.39 is 0 Å². The van der Waals surface area contributed by atoms with Gasteiger partial charge in [-0.1, -0.05) is 6.92 Å². The van der Waals surface area contributed by atoms with Crippen LogP contribution < -0.4 is 5.32 Å². The lowest BCUT2D eigenvalue weighted by Crippen LogP contribution is -2.13. The number of halogens is 1. The molecule has 20 heavy (non-hydrogen) atoms. The number of nitrogens with one attached hydrogen (secondary N) is 1. The van der Waals surface area contributed by atoms with Gasteiger partial charge in [0.1, 0.15) is 11.6 Å². The van der Waals surface area contributed by atoms with Crippen molar-refractivity contribution in [1.29, 1.82) is 0 Å². The fourth-order valence-corrected chi connectivity index (χ4v) is 3.47. The van der Waals surface area contributed by atoms with E-state index in [0.29, 0.717) is 11.8 Å². The molecule has 1 aromatic heterocycles. The van der Waals surface area contributed by atoms with Gasteiger partial charge in [-0.3, -0.25) is 0 Å². The molecule has 0 radical (unpaired) electrons. The molecule has 3 rings (SSSR count). The Morgan fingerprint density at radius 3 is 2.80 bits per heavy atom. The third-order valence-electron chi connectivity index (χ3n) is 3.92. The Morgan fingerprint density at radius 1 is 1.30 bits per heavy atom. The molecule has 1 unspecified atom stereocenters. The van der Waals surface area contributed by atoms with Crippen molar-refractivity contribution in [1.82, 2.24) is 9.97 Å². The van der Waals surface area contributed by atoms with Gasteiger partial charge in [-0.25, -0.2) is 9.97 Å². The highest BCUT2D eigenvalue weighted by molar-refractivity contribution is 14.1. The van der Waals surface area contributed by atoms with Gasteiger partial charge in [0.15, 0.2) is 0 Å². The van der Waals surface area contributed by atoms with E-state index in [0.717, 1.165) is 50.7 Å². The van der Waals surface area contributed by atoms with E-state index in [4.69, 9.17) is 14.7 Å². The molecule has 1 N–H and O–H groups in total. The Kier molecular flexibility index (Phi) is 4.75. The number of rotatable bonds is 6. The standard InChI is InChI=1S/C15H22IN3O/c1-2-6-17-15-13(16)14(11-3-4-11)18-12(19-15)8-10-5-7-20-9-10/h10-11H,2-9H2,1H3,(H,17,18,19). The number of hydrogen-bond donors (Lipinski definition) is 1. The molecule has 110 valence electrons. The maximum absolute atomic E-state index is 5.47. The molecule has 5 heteroatoms. The highest BCUT2D eigenvalue weighted by Crippen LogP contribution is 2.42. The summed E-state index contributed by atoms with van der Waals surface area (Å²) in [6, 6.07) is 0. The lowest BCUT2D eigenvalue weighted by atomic mass is 10.0. The van der Waals surface area contributed by atoms with E-state index in [2.05, 4.69) is 34.8 Å². The van der Waals surface area contributed by atoms with Crippen LogP contribution in [0, 0.1) is 9.49 Å². The molecular formula is C15H22IN3O. The summed E-state index contributed by atoms with van der Waals surface area (Å²) < 4.78 is 6.69. The summed E-state index contributed by atoms with van der Waals surface area (Å²) >= 11 is 2.40. The molecule has 0 spiro atoms. The summed E-state index contributed by atoms with van der Waals surface area (Å²) in [7, 11) is 0. The van der Waals surface area contributed by atoms with Crippen LogP contribution >= 0.6 is 22.6 Å². The van der Waals surface area contributed by atoms with Crippen molar-refractivity contribution in [2.75, 3.05) is 25.1 Å². The zero-order valence-electron chi connectivity index (χ0n) is 12.0. The lowest BCUT2D eigenvalue weighted by molar-refractivity contribution is 0.185. The van der Waals surface area contributed by atoms with E-state index in [9.17, 15) is 0 Å². The van der Waals surface area contributed by atoms with Gasteiger partial charge in [-0.2, -0.15) is 0 Å². The normalized spacial score (nSPS) is 22.2. The highest BCUT2D eigenvalue weighted by atomic mass is 127. The van der Waals surface area contributed by atoms with Crippen molar-refractivity contribution in [2.24, 2.45) is 5.92 Å². The molecule has 1 atom stereocenters. The molecule has 4 nitrogen and oxygen atoms in total. The van der Waals surface area contributed by atoms with Crippen LogP contribution in [0.25, 0.3) is 0 Å². The quantitative estimate of drug-likeness (QED) is 0.761. The molecule has 0 bridgehead atoms. The van der Waals surface area contributed by atoms with Gasteiger partial charge in [0.25, 0.3) is 0 Å². The number of hydrogen-bond acceptors (Lipinski definition) is 4. The second kappa shape index (κ2) is 6.56. The summed E-state index contributed by atoms with van der Waals surface area (Å²) in [5, 5.41) is 3.46. The first-order chi connectivity index (χ1) is 9.78. The maximum Gasteiger partial charge on any atom is 0.143 e. The lowest BCUT2D eigenvalue weighted by Gasteiger charge is -2.14. The van der Waals surface area contributed by atoms with Gasteiger partial charge in [0, 0.05) is 32.1 Å². The van der Waals surface area contributed by atoms with E-state index in [1.165, 1.54) is 22.1 Å². The maximum atomic E-state index is 5.47. The minimum Gasteiger partial charge on any atom is -0.381 e. The molecule has 1 saturated heterocycles. The average Bonchev–Trinajstić information content (AvgIpc) is 3.17. The largest absolute Gasteiger partial charge is 0.381 e. The third-order valence-corrected chi connectivity index (χ3v) is 4.99. The summed E-state index contributed by atoms with van der Waals surface area (Å²) in [5.41, 5.74) is 1.27. The monoisotopic (exact) mass is 387 g/mol. The summed E-state index contributed by atoms with van der Waals surface area (Å²) in [5.74, 6) is 3.31. The highest BCUT2D eigenvalue weighted by Gasteiger charge is 2.30. The molecule has 0 amide bonds. The zero-order valence-corrected chi connectivity index (χ0v) is 14.1. The predicted octanol–water partition coefficient (Wildman–Crippen LogP) is 3.36. The fourth-order valence-electron chi connectivity index (χ4n) is 2.59. The van der Waals surface area contributed by atoms with Crippen LogP contribution in [0.1, 0.15) is 50.0 Å². The van der Waals surface area contributed by atoms with Crippen molar-refractivity contribution in [3.63, 3.8) is 0 Å². The second-order valence-corrected chi connectivity index (χ2v) is 6.90. The number of anilines is 1. The van der Waals surface area contributed by atoms with Gasteiger partial charge in [-0.15, -0.1) is 0 Å². The van der Waals surface area contributed by atoms with Crippen molar-refractivity contribution in [3.8, 4) is 0 Å². The first-order valence-electron chi connectivity index (χ1n) is 7.65. The minimum atomic E-state index is 0.598. The SMILES string of the molecule is CCCNc1nc(CC2CCOC2)nc(C2CC2)c1I. The second-order valence-electron chi connectivity index (χ2n) is 5.82. The first kappa shape index (κ1) is 14.5. The molecule has 1 aromatic rings.